The van der Waals surface area contributed by atoms with Gasteiger partial charge in [0.25, 0.3) is 0 Å². The van der Waals surface area contributed by atoms with E-state index in [1.54, 1.807) is 0 Å². The maximum absolute atomic E-state index is 12.3. The molecule has 0 aromatic heterocycles. The zero-order chi connectivity index (χ0) is 16.3. The summed E-state index contributed by atoms with van der Waals surface area (Å²) in [6.07, 6.45) is 9.72. The van der Waals surface area contributed by atoms with Crippen molar-refractivity contribution >= 4 is 15.7 Å². The summed E-state index contributed by atoms with van der Waals surface area (Å²) >= 11 is 0. The second kappa shape index (κ2) is 7.51. The smallest absolute Gasteiger partial charge is 0.222 e. The lowest BCUT2D eigenvalue weighted by Gasteiger charge is -2.34. The topological polar surface area (TPSA) is 66.5 Å². The summed E-state index contributed by atoms with van der Waals surface area (Å²) in [5.41, 5.74) is 0. The Hall–Kier alpha value is -0.620. The molecule has 2 saturated heterocycles. The highest BCUT2D eigenvalue weighted by Crippen LogP contribution is 2.29. The molecule has 6 heteroatoms. The fourth-order valence-electron chi connectivity index (χ4n) is 4.34. The molecule has 3 fully saturated rings. The van der Waals surface area contributed by atoms with Crippen LogP contribution >= 0.6 is 0 Å². The van der Waals surface area contributed by atoms with E-state index in [1.165, 1.54) is 25.7 Å². The molecule has 1 N–H and O–H groups in total. The Bertz CT molecular complexity index is 506. The van der Waals surface area contributed by atoms with Crippen LogP contribution in [0.2, 0.25) is 0 Å². The molecule has 1 saturated carbocycles. The fraction of sp³-hybridized carbons (Fsp3) is 0.941. The van der Waals surface area contributed by atoms with Gasteiger partial charge in [-0.15, -0.1) is 0 Å². The zero-order valence-corrected chi connectivity index (χ0v) is 14.8. The van der Waals surface area contributed by atoms with E-state index in [-0.39, 0.29) is 11.8 Å². The number of piperidine rings is 1. The summed E-state index contributed by atoms with van der Waals surface area (Å²) in [6.45, 7) is 1.64. The number of rotatable bonds is 5. The van der Waals surface area contributed by atoms with Crippen molar-refractivity contribution in [1.82, 2.24) is 10.2 Å². The molecule has 1 atom stereocenters. The van der Waals surface area contributed by atoms with Gasteiger partial charge >= 0.3 is 0 Å². The van der Waals surface area contributed by atoms with Gasteiger partial charge in [0.1, 0.15) is 0 Å². The van der Waals surface area contributed by atoms with Gasteiger partial charge in [-0.2, -0.15) is 0 Å². The van der Waals surface area contributed by atoms with Crippen molar-refractivity contribution in [1.29, 1.82) is 0 Å². The van der Waals surface area contributed by atoms with E-state index >= 15 is 0 Å². The van der Waals surface area contributed by atoms with Crippen molar-refractivity contribution in [3.63, 3.8) is 0 Å². The van der Waals surface area contributed by atoms with Crippen molar-refractivity contribution in [3.05, 3.63) is 0 Å². The molecule has 0 aromatic carbocycles. The van der Waals surface area contributed by atoms with Crippen LogP contribution in [0.5, 0.6) is 0 Å². The Morgan fingerprint density at radius 3 is 2.30 bits per heavy atom. The minimum absolute atomic E-state index is 0.120. The minimum atomic E-state index is -2.81. The molecule has 1 amide bonds. The molecule has 5 nitrogen and oxygen atoms in total. The van der Waals surface area contributed by atoms with Crippen molar-refractivity contribution in [2.45, 2.75) is 69.9 Å². The Morgan fingerprint density at radius 1 is 1.00 bits per heavy atom. The lowest BCUT2D eigenvalue weighted by atomic mass is 9.99. The maximum Gasteiger partial charge on any atom is 0.222 e. The number of hydrogen-bond donors (Lipinski definition) is 1. The summed E-state index contributed by atoms with van der Waals surface area (Å²) in [5.74, 6) is 1.71. The van der Waals surface area contributed by atoms with Gasteiger partial charge in [0, 0.05) is 31.6 Å². The first-order valence-corrected chi connectivity index (χ1v) is 11.1. The Labute approximate surface area is 140 Å². The Balaban J connectivity index is 1.35. The molecule has 132 valence electrons. The van der Waals surface area contributed by atoms with Crippen molar-refractivity contribution in [3.8, 4) is 0 Å². The number of sulfone groups is 1. The first kappa shape index (κ1) is 17.2. The van der Waals surface area contributed by atoms with Gasteiger partial charge in [0.15, 0.2) is 9.84 Å². The van der Waals surface area contributed by atoms with Crippen LogP contribution in [0, 0.1) is 5.92 Å². The predicted octanol–water partition coefficient (Wildman–Crippen LogP) is 1.72. The molecule has 23 heavy (non-hydrogen) atoms. The number of likely N-dealkylation sites (tertiary alicyclic amines) is 1. The molecule has 3 rings (SSSR count). The van der Waals surface area contributed by atoms with E-state index in [9.17, 15) is 13.2 Å². The third-order valence-electron chi connectivity index (χ3n) is 5.79. The summed E-state index contributed by atoms with van der Waals surface area (Å²) in [4.78, 5) is 14.3. The molecule has 2 heterocycles. The molecular weight excluding hydrogens is 312 g/mol. The summed E-state index contributed by atoms with van der Waals surface area (Å²) in [6, 6.07) is 0.488. The summed E-state index contributed by atoms with van der Waals surface area (Å²) in [7, 11) is -2.81. The quantitative estimate of drug-likeness (QED) is 0.826. The van der Waals surface area contributed by atoms with Crippen LogP contribution in [0.3, 0.4) is 0 Å². The highest BCUT2D eigenvalue weighted by molar-refractivity contribution is 7.91. The summed E-state index contributed by atoms with van der Waals surface area (Å²) < 4.78 is 23.0. The van der Waals surface area contributed by atoms with Crippen LogP contribution in [-0.2, 0) is 14.6 Å². The van der Waals surface area contributed by atoms with Crippen molar-refractivity contribution < 1.29 is 13.2 Å². The molecule has 3 aliphatic rings. The maximum atomic E-state index is 12.3. The number of hydrogen-bond acceptors (Lipinski definition) is 4. The van der Waals surface area contributed by atoms with E-state index in [1.807, 2.05) is 4.90 Å². The largest absolute Gasteiger partial charge is 0.343 e. The van der Waals surface area contributed by atoms with Crippen LogP contribution in [0.1, 0.15) is 57.8 Å². The number of carbonyl (C=O) groups excluding carboxylic acids is 1. The third kappa shape index (κ3) is 4.92. The molecule has 1 aliphatic carbocycles. The van der Waals surface area contributed by atoms with E-state index < -0.39 is 9.84 Å². The second-order valence-electron chi connectivity index (χ2n) is 7.61. The second-order valence-corrected chi connectivity index (χ2v) is 9.84. The number of nitrogens with one attached hydrogen (secondary N) is 1. The number of nitrogens with zero attached hydrogens (tertiary/aromatic N) is 1. The summed E-state index contributed by atoms with van der Waals surface area (Å²) in [5, 5.41) is 3.49. The molecule has 0 bridgehead atoms. The lowest BCUT2D eigenvalue weighted by molar-refractivity contribution is -0.132. The van der Waals surface area contributed by atoms with E-state index in [2.05, 4.69) is 5.32 Å². The first-order chi connectivity index (χ1) is 11.0. The molecule has 0 radical (unpaired) electrons. The van der Waals surface area contributed by atoms with E-state index in [4.69, 9.17) is 0 Å². The van der Waals surface area contributed by atoms with E-state index in [0.29, 0.717) is 24.1 Å². The van der Waals surface area contributed by atoms with Gasteiger partial charge in [0.2, 0.25) is 5.91 Å². The van der Waals surface area contributed by atoms with Gasteiger partial charge in [-0.1, -0.05) is 25.7 Å². The average Bonchev–Trinajstić information content (AvgIpc) is 3.15. The van der Waals surface area contributed by atoms with Gasteiger partial charge in [0.05, 0.1) is 11.5 Å². The van der Waals surface area contributed by atoms with Crippen molar-refractivity contribution in [2.75, 3.05) is 24.6 Å². The standard InChI is InChI=1S/C17H30N2O3S/c20-17(6-5-14-3-1-2-4-14)19-10-7-15(8-11-19)18-16-9-12-23(21,22)13-16/h14-16,18H,1-13H2/t16-/m1/s1. The number of carbonyl (C=O) groups is 1. The van der Waals surface area contributed by atoms with Gasteiger partial charge < -0.3 is 10.2 Å². The molecule has 0 aromatic rings. The van der Waals surface area contributed by atoms with E-state index in [0.717, 1.165) is 44.7 Å². The first-order valence-electron chi connectivity index (χ1n) is 9.26. The van der Waals surface area contributed by atoms with Gasteiger partial charge in [-0.3, -0.25) is 4.79 Å². The Kier molecular flexibility index (Phi) is 5.62. The van der Waals surface area contributed by atoms with Gasteiger partial charge in [-0.25, -0.2) is 8.42 Å². The van der Waals surface area contributed by atoms with Gasteiger partial charge in [-0.05, 0) is 31.6 Å². The normalized spacial score (nSPS) is 29.2. The third-order valence-corrected chi connectivity index (χ3v) is 7.56. The fourth-order valence-corrected chi connectivity index (χ4v) is 6.03. The van der Waals surface area contributed by atoms with Crippen LogP contribution in [-0.4, -0.2) is 55.9 Å². The molecule has 0 spiro atoms. The molecule has 0 unspecified atom stereocenters. The lowest BCUT2D eigenvalue weighted by Crippen LogP contribution is -2.48. The number of amides is 1. The predicted molar refractivity (Wildman–Crippen MR) is 91.0 cm³/mol. The highest BCUT2D eigenvalue weighted by Gasteiger charge is 2.31. The average molecular weight is 343 g/mol. The van der Waals surface area contributed by atoms with Crippen LogP contribution in [0.4, 0.5) is 0 Å². The van der Waals surface area contributed by atoms with Crippen LogP contribution in [0.15, 0.2) is 0 Å². The molecular formula is C17H30N2O3S. The monoisotopic (exact) mass is 342 g/mol. The SMILES string of the molecule is O=C(CCC1CCCC1)N1CCC(N[C@@H]2CCS(=O)(=O)C2)CC1. The van der Waals surface area contributed by atoms with Crippen LogP contribution in [0.25, 0.3) is 0 Å². The minimum Gasteiger partial charge on any atom is -0.343 e. The zero-order valence-electron chi connectivity index (χ0n) is 14.0. The van der Waals surface area contributed by atoms with Crippen LogP contribution < -0.4 is 5.32 Å². The molecule has 2 aliphatic heterocycles. The highest BCUT2D eigenvalue weighted by atomic mass is 32.2. The Morgan fingerprint density at radius 2 is 1.70 bits per heavy atom. The van der Waals surface area contributed by atoms with Crippen molar-refractivity contribution in [2.24, 2.45) is 5.92 Å².